The van der Waals surface area contributed by atoms with Gasteiger partial charge in [-0.25, -0.2) is 9.80 Å². The lowest BCUT2D eigenvalue weighted by Gasteiger charge is -2.29. The van der Waals surface area contributed by atoms with Gasteiger partial charge in [0.1, 0.15) is 0 Å². The Balaban J connectivity index is 1.41. The zero-order chi connectivity index (χ0) is 26.6. The molecular weight excluding hydrogens is 482 g/mol. The van der Waals surface area contributed by atoms with Gasteiger partial charge in [-0.15, -0.1) is 0 Å². The van der Waals surface area contributed by atoms with Crippen LogP contribution in [-0.4, -0.2) is 34.1 Å². The van der Waals surface area contributed by atoms with E-state index in [1.807, 2.05) is 60.7 Å². The smallest absolute Gasteiger partial charge is 0.339 e. The van der Waals surface area contributed by atoms with Crippen LogP contribution in [0.4, 0.5) is 5.69 Å². The van der Waals surface area contributed by atoms with Crippen molar-refractivity contribution >= 4 is 29.4 Å². The number of nitro groups is 1. The van der Waals surface area contributed by atoms with E-state index in [4.69, 9.17) is 9.84 Å². The predicted octanol–water partition coefficient (Wildman–Crippen LogP) is 5.88. The van der Waals surface area contributed by atoms with Crippen molar-refractivity contribution in [3.63, 3.8) is 0 Å². The summed E-state index contributed by atoms with van der Waals surface area (Å²) in [5.41, 5.74) is 4.11. The summed E-state index contributed by atoms with van der Waals surface area (Å²) >= 11 is 0. The summed E-state index contributed by atoms with van der Waals surface area (Å²) < 4.78 is 5.34. The average molecular weight is 510 g/mol. The number of amides is 1. The highest BCUT2D eigenvalue weighted by atomic mass is 16.6. The zero-order valence-corrected chi connectivity index (χ0v) is 20.9. The van der Waals surface area contributed by atoms with Crippen molar-refractivity contribution < 1.29 is 19.2 Å². The first kappa shape index (κ1) is 25.1. The third-order valence-corrected chi connectivity index (χ3v) is 7.09. The molecule has 0 N–H and O–H groups in total. The van der Waals surface area contributed by atoms with E-state index in [1.165, 1.54) is 30.1 Å². The Hall–Kier alpha value is -4.59. The minimum absolute atomic E-state index is 0.0276. The number of hydrogen-bond donors (Lipinski definition) is 0. The molecule has 38 heavy (non-hydrogen) atoms. The van der Waals surface area contributed by atoms with Crippen molar-refractivity contribution in [2.45, 2.75) is 32.2 Å². The molecule has 0 saturated heterocycles. The molecule has 2 unspecified atom stereocenters. The Morgan fingerprint density at radius 1 is 1.05 bits per heavy atom. The standard InChI is InChI=1S/C30H27N3O5/c1-20-24(15-9-17-26(20)33(36)37)30(35)38-19-27(34)32-29(22-12-6-3-7-13-22)25-16-8-14-23(28(25)31-32)18-21-10-4-2-5-11-21/h2-7,9-13,15,17-18,25,29H,8,14,16,19H2,1H3. The highest BCUT2D eigenvalue weighted by Crippen LogP contribution is 2.44. The van der Waals surface area contributed by atoms with Crippen LogP contribution in [0.15, 0.2) is 89.5 Å². The van der Waals surface area contributed by atoms with Gasteiger partial charge >= 0.3 is 5.97 Å². The molecule has 2 aliphatic rings. The summed E-state index contributed by atoms with van der Waals surface area (Å²) in [6.07, 6.45) is 4.87. The molecule has 3 aromatic rings. The Morgan fingerprint density at radius 2 is 1.76 bits per heavy atom. The van der Waals surface area contributed by atoms with E-state index in [0.717, 1.165) is 41.7 Å². The van der Waals surface area contributed by atoms with Crippen LogP contribution in [0, 0.1) is 23.0 Å². The number of nitrogens with zero attached hydrogens (tertiary/aromatic N) is 3. The number of hydrazone groups is 1. The van der Waals surface area contributed by atoms with E-state index in [0.29, 0.717) is 0 Å². The van der Waals surface area contributed by atoms with Gasteiger partial charge in [-0.3, -0.25) is 14.9 Å². The van der Waals surface area contributed by atoms with E-state index < -0.39 is 23.4 Å². The number of esters is 1. The highest BCUT2D eigenvalue weighted by Gasteiger charge is 2.43. The van der Waals surface area contributed by atoms with Gasteiger partial charge in [0.15, 0.2) is 6.61 Å². The molecular formula is C30H27N3O5. The lowest BCUT2D eigenvalue weighted by molar-refractivity contribution is -0.385. The summed E-state index contributed by atoms with van der Waals surface area (Å²) in [4.78, 5) is 36.9. The second-order valence-electron chi connectivity index (χ2n) is 9.44. The number of ether oxygens (including phenoxy) is 1. The fourth-order valence-electron chi connectivity index (χ4n) is 5.25. The van der Waals surface area contributed by atoms with Crippen LogP contribution in [0.5, 0.6) is 0 Å². The fraction of sp³-hybridized carbons (Fsp3) is 0.233. The van der Waals surface area contributed by atoms with Gasteiger partial charge in [-0.1, -0.05) is 66.7 Å². The molecule has 2 atom stereocenters. The lowest BCUT2D eigenvalue weighted by atomic mass is 9.77. The third-order valence-electron chi connectivity index (χ3n) is 7.09. The normalized spacial score (nSPS) is 19.6. The molecule has 1 heterocycles. The minimum atomic E-state index is -0.787. The van der Waals surface area contributed by atoms with Gasteiger partial charge < -0.3 is 4.74 Å². The maximum atomic E-state index is 13.4. The van der Waals surface area contributed by atoms with Gasteiger partial charge in [0.25, 0.3) is 11.6 Å². The number of allylic oxidation sites excluding steroid dienone is 1. The largest absolute Gasteiger partial charge is 0.452 e. The van der Waals surface area contributed by atoms with Crippen molar-refractivity contribution in [1.82, 2.24) is 5.01 Å². The first-order chi connectivity index (χ1) is 18.4. The maximum absolute atomic E-state index is 13.4. The summed E-state index contributed by atoms with van der Waals surface area (Å²) in [6.45, 7) is 0.964. The van der Waals surface area contributed by atoms with Gasteiger partial charge in [0.2, 0.25) is 0 Å². The van der Waals surface area contributed by atoms with Crippen molar-refractivity contribution in [3.8, 4) is 0 Å². The van der Waals surface area contributed by atoms with Crippen molar-refractivity contribution in [2.75, 3.05) is 6.61 Å². The van der Waals surface area contributed by atoms with E-state index in [9.17, 15) is 19.7 Å². The number of rotatable bonds is 6. The van der Waals surface area contributed by atoms with Crippen molar-refractivity contribution in [1.29, 1.82) is 0 Å². The molecule has 0 radical (unpaired) electrons. The number of benzene rings is 3. The lowest BCUT2D eigenvalue weighted by Crippen LogP contribution is -2.34. The molecule has 0 aromatic heterocycles. The van der Waals surface area contributed by atoms with E-state index in [2.05, 4.69) is 6.08 Å². The molecule has 192 valence electrons. The highest BCUT2D eigenvalue weighted by molar-refractivity contribution is 6.08. The molecule has 1 fully saturated rings. The molecule has 1 aliphatic carbocycles. The molecule has 5 rings (SSSR count). The second-order valence-corrected chi connectivity index (χ2v) is 9.44. The van der Waals surface area contributed by atoms with E-state index in [1.54, 1.807) is 0 Å². The summed E-state index contributed by atoms with van der Waals surface area (Å²) in [7, 11) is 0. The molecule has 1 saturated carbocycles. The predicted molar refractivity (Wildman–Crippen MR) is 143 cm³/mol. The molecule has 0 spiro atoms. The minimum Gasteiger partial charge on any atom is -0.452 e. The number of carbonyl (C=O) groups excluding carboxylic acids is 2. The van der Waals surface area contributed by atoms with Crippen LogP contribution in [0.1, 0.15) is 52.4 Å². The van der Waals surface area contributed by atoms with Crippen molar-refractivity contribution in [2.24, 2.45) is 11.0 Å². The van der Waals surface area contributed by atoms with Crippen LogP contribution < -0.4 is 0 Å². The summed E-state index contributed by atoms with van der Waals surface area (Å²) in [6, 6.07) is 23.7. The molecule has 8 nitrogen and oxygen atoms in total. The molecule has 1 aliphatic heterocycles. The Labute approximate surface area is 220 Å². The van der Waals surface area contributed by atoms with Crippen LogP contribution in [0.2, 0.25) is 0 Å². The van der Waals surface area contributed by atoms with Crippen LogP contribution in [0.25, 0.3) is 6.08 Å². The van der Waals surface area contributed by atoms with Crippen LogP contribution >= 0.6 is 0 Å². The first-order valence-corrected chi connectivity index (χ1v) is 12.6. The maximum Gasteiger partial charge on any atom is 0.339 e. The molecule has 1 amide bonds. The molecule has 8 heteroatoms. The number of nitro benzene ring substituents is 1. The van der Waals surface area contributed by atoms with Gasteiger partial charge in [-0.2, -0.15) is 5.10 Å². The molecule has 3 aromatic carbocycles. The van der Waals surface area contributed by atoms with Crippen LogP contribution in [-0.2, 0) is 9.53 Å². The number of carbonyl (C=O) groups is 2. The number of hydrogen-bond acceptors (Lipinski definition) is 6. The van der Waals surface area contributed by atoms with Crippen molar-refractivity contribution in [3.05, 3.63) is 117 Å². The quantitative estimate of drug-likeness (QED) is 0.234. The average Bonchev–Trinajstić information content (AvgIpc) is 3.33. The van der Waals surface area contributed by atoms with E-state index >= 15 is 0 Å². The monoisotopic (exact) mass is 509 g/mol. The Bertz CT molecular complexity index is 1430. The zero-order valence-electron chi connectivity index (χ0n) is 20.9. The first-order valence-electron chi connectivity index (χ1n) is 12.6. The van der Waals surface area contributed by atoms with Gasteiger partial charge in [0.05, 0.1) is 22.2 Å². The van der Waals surface area contributed by atoms with Gasteiger partial charge in [-0.05, 0) is 55.0 Å². The summed E-state index contributed by atoms with van der Waals surface area (Å²) in [5.74, 6) is -1.21. The fourth-order valence-corrected chi connectivity index (χ4v) is 5.25. The third kappa shape index (κ3) is 4.98. The number of fused-ring (bicyclic) bond motifs is 1. The Kier molecular flexibility index (Phi) is 7.13. The molecule has 0 bridgehead atoms. The van der Waals surface area contributed by atoms with Gasteiger partial charge in [0, 0.05) is 17.5 Å². The Morgan fingerprint density at radius 3 is 2.47 bits per heavy atom. The summed E-state index contributed by atoms with van der Waals surface area (Å²) in [5, 5.41) is 17.5. The van der Waals surface area contributed by atoms with E-state index in [-0.39, 0.29) is 28.8 Å². The SMILES string of the molecule is Cc1c(C(=O)OCC(=O)N2N=C3C(=Cc4ccccc4)CCCC3C2c2ccccc2)cccc1[N+](=O)[O-]. The second kappa shape index (κ2) is 10.8. The van der Waals surface area contributed by atoms with Crippen LogP contribution in [0.3, 0.4) is 0 Å². The topological polar surface area (TPSA) is 102 Å².